The highest BCUT2D eigenvalue weighted by Crippen LogP contribution is 2.03. The van der Waals surface area contributed by atoms with Crippen LogP contribution in [0.2, 0.25) is 0 Å². The molecule has 1 rings (SSSR count). The molecule has 0 aliphatic heterocycles. The molecular formula is C11H16N4S2. The Balaban J connectivity index is 2.24. The van der Waals surface area contributed by atoms with Crippen molar-refractivity contribution in [1.29, 1.82) is 0 Å². The molecule has 0 fully saturated rings. The molecule has 1 aromatic carbocycles. The number of nitrogens with one attached hydrogen (secondary N) is 4. The molecule has 0 aromatic heterocycles. The number of rotatable bonds is 3. The molecule has 0 heterocycles. The van der Waals surface area contributed by atoms with Crippen LogP contribution in [0.5, 0.6) is 0 Å². The van der Waals surface area contributed by atoms with Crippen molar-refractivity contribution in [3.63, 3.8) is 0 Å². The molecule has 0 bridgehead atoms. The van der Waals surface area contributed by atoms with Gasteiger partial charge in [-0.1, -0.05) is 25.1 Å². The van der Waals surface area contributed by atoms with E-state index in [0.717, 1.165) is 18.7 Å². The summed E-state index contributed by atoms with van der Waals surface area (Å²) >= 11 is 10.1. The lowest BCUT2D eigenvalue weighted by molar-refractivity contribution is 0.784. The van der Waals surface area contributed by atoms with Crippen LogP contribution in [-0.4, -0.2) is 16.8 Å². The second-order valence-corrected chi connectivity index (χ2v) is 4.14. The predicted octanol–water partition coefficient (Wildman–Crippen LogP) is 1.76. The second-order valence-electron chi connectivity index (χ2n) is 3.33. The third-order valence-corrected chi connectivity index (χ3v) is 2.31. The molecule has 0 saturated heterocycles. The van der Waals surface area contributed by atoms with Gasteiger partial charge in [-0.25, -0.2) is 0 Å². The molecule has 1 aromatic rings. The van der Waals surface area contributed by atoms with E-state index in [1.165, 1.54) is 0 Å². The second kappa shape index (κ2) is 7.81. The van der Waals surface area contributed by atoms with Crippen molar-refractivity contribution in [2.45, 2.75) is 13.3 Å². The summed E-state index contributed by atoms with van der Waals surface area (Å²) in [7, 11) is 0. The van der Waals surface area contributed by atoms with Gasteiger partial charge in [0.05, 0.1) is 0 Å². The molecule has 6 heteroatoms. The molecule has 4 N–H and O–H groups in total. The van der Waals surface area contributed by atoms with Crippen molar-refractivity contribution in [2.24, 2.45) is 0 Å². The number of hydrazine groups is 1. The Morgan fingerprint density at radius 3 is 2.35 bits per heavy atom. The number of thiocarbonyl (C=S) groups is 2. The van der Waals surface area contributed by atoms with E-state index in [4.69, 9.17) is 24.4 Å². The Morgan fingerprint density at radius 2 is 1.71 bits per heavy atom. The third-order valence-electron chi connectivity index (χ3n) is 1.86. The van der Waals surface area contributed by atoms with Crippen molar-refractivity contribution in [2.75, 3.05) is 11.9 Å². The fraction of sp³-hybridized carbons (Fsp3) is 0.273. The third kappa shape index (κ3) is 6.03. The molecule has 4 nitrogen and oxygen atoms in total. The highest BCUT2D eigenvalue weighted by atomic mass is 32.1. The molecule has 0 aliphatic rings. The van der Waals surface area contributed by atoms with E-state index in [1.54, 1.807) is 0 Å². The van der Waals surface area contributed by atoms with E-state index in [-0.39, 0.29) is 0 Å². The molecule has 0 amide bonds. The first-order valence-corrected chi connectivity index (χ1v) is 6.20. The van der Waals surface area contributed by atoms with Crippen LogP contribution in [0.1, 0.15) is 13.3 Å². The van der Waals surface area contributed by atoms with E-state index >= 15 is 0 Å². The standard InChI is InChI=1S/C11H16N4S2/c1-2-8-12-10(16)14-15-11(17)13-9-6-4-3-5-7-9/h3-7H,2,8H2,1H3,(H2,12,14,16)(H2,13,15,17). The zero-order valence-electron chi connectivity index (χ0n) is 9.62. The summed E-state index contributed by atoms with van der Waals surface area (Å²) in [4.78, 5) is 0. The lowest BCUT2D eigenvalue weighted by Crippen LogP contribution is -2.48. The Hall–Kier alpha value is -1.40. The summed E-state index contributed by atoms with van der Waals surface area (Å²) in [6, 6.07) is 9.69. The van der Waals surface area contributed by atoms with E-state index in [1.807, 2.05) is 30.3 Å². The average molecular weight is 268 g/mol. The van der Waals surface area contributed by atoms with Gasteiger partial charge in [-0.2, -0.15) is 0 Å². The molecule has 92 valence electrons. The van der Waals surface area contributed by atoms with Gasteiger partial charge in [0.25, 0.3) is 0 Å². The minimum atomic E-state index is 0.469. The summed E-state index contributed by atoms with van der Waals surface area (Å²) in [5, 5.41) is 7.05. The lowest BCUT2D eigenvalue weighted by Gasteiger charge is -2.13. The van der Waals surface area contributed by atoms with Crippen LogP contribution < -0.4 is 21.5 Å². The van der Waals surface area contributed by atoms with Gasteiger partial charge >= 0.3 is 0 Å². The lowest BCUT2D eigenvalue weighted by atomic mass is 10.3. The van der Waals surface area contributed by atoms with Gasteiger partial charge in [0.15, 0.2) is 10.2 Å². The number of anilines is 1. The zero-order valence-corrected chi connectivity index (χ0v) is 11.3. The van der Waals surface area contributed by atoms with Gasteiger partial charge in [-0.15, -0.1) is 0 Å². The van der Waals surface area contributed by atoms with Gasteiger partial charge in [0, 0.05) is 12.2 Å². The maximum absolute atomic E-state index is 5.09. The number of benzene rings is 1. The maximum atomic E-state index is 5.09. The fourth-order valence-corrected chi connectivity index (χ4v) is 1.40. The summed E-state index contributed by atoms with van der Waals surface area (Å²) in [6.45, 7) is 2.91. The molecule has 17 heavy (non-hydrogen) atoms. The van der Waals surface area contributed by atoms with E-state index < -0.39 is 0 Å². The van der Waals surface area contributed by atoms with Crippen LogP contribution >= 0.6 is 24.4 Å². The smallest absolute Gasteiger partial charge is 0.189 e. The first-order chi connectivity index (χ1) is 8.22. The van der Waals surface area contributed by atoms with Gasteiger partial charge in [-0.3, -0.25) is 10.9 Å². The largest absolute Gasteiger partial charge is 0.361 e. The molecule has 0 aliphatic carbocycles. The first kappa shape index (κ1) is 13.7. The monoisotopic (exact) mass is 268 g/mol. The van der Waals surface area contributed by atoms with Crippen molar-refractivity contribution in [3.8, 4) is 0 Å². The van der Waals surface area contributed by atoms with E-state index in [0.29, 0.717) is 10.2 Å². The Kier molecular flexibility index (Phi) is 6.27. The Labute approximate surface area is 112 Å². The number of hydrogen-bond donors (Lipinski definition) is 4. The molecule has 0 saturated carbocycles. The van der Waals surface area contributed by atoms with Crippen LogP contribution in [0.25, 0.3) is 0 Å². The summed E-state index contributed by atoms with van der Waals surface area (Å²) in [5.74, 6) is 0. The van der Waals surface area contributed by atoms with Crippen LogP contribution in [0.3, 0.4) is 0 Å². The predicted molar refractivity (Wildman–Crippen MR) is 79.8 cm³/mol. The van der Waals surface area contributed by atoms with Gasteiger partial charge in [-0.05, 0) is 43.0 Å². The average Bonchev–Trinajstić information content (AvgIpc) is 2.35. The summed E-state index contributed by atoms with van der Waals surface area (Å²) < 4.78 is 0. The van der Waals surface area contributed by atoms with Gasteiger partial charge in [0.2, 0.25) is 0 Å². The first-order valence-electron chi connectivity index (χ1n) is 5.38. The topological polar surface area (TPSA) is 48.1 Å². The van der Waals surface area contributed by atoms with Crippen molar-refractivity contribution in [1.82, 2.24) is 16.2 Å². The molecular weight excluding hydrogens is 252 g/mol. The van der Waals surface area contributed by atoms with Crippen LogP contribution in [-0.2, 0) is 0 Å². The minimum Gasteiger partial charge on any atom is -0.361 e. The normalized spacial score (nSPS) is 9.24. The van der Waals surface area contributed by atoms with Gasteiger partial charge < -0.3 is 10.6 Å². The fourth-order valence-electron chi connectivity index (χ4n) is 1.08. The minimum absolute atomic E-state index is 0.469. The Morgan fingerprint density at radius 1 is 1.06 bits per heavy atom. The summed E-state index contributed by atoms with van der Waals surface area (Å²) in [5.41, 5.74) is 6.54. The van der Waals surface area contributed by atoms with Crippen LogP contribution in [0.4, 0.5) is 5.69 Å². The molecule has 0 unspecified atom stereocenters. The highest BCUT2D eigenvalue weighted by Gasteiger charge is 1.97. The highest BCUT2D eigenvalue weighted by molar-refractivity contribution is 7.80. The van der Waals surface area contributed by atoms with E-state index in [2.05, 4.69) is 28.4 Å². The zero-order chi connectivity index (χ0) is 12.5. The molecule has 0 radical (unpaired) electrons. The quantitative estimate of drug-likeness (QED) is 0.495. The van der Waals surface area contributed by atoms with Crippen molar-refractivity contribution < 1.29 is 0 Å². The SMILES string of the molecule is CCCNC(=S)NNC(=S)Nc1ccccc1. The number of hydrogen-bond acceptors (Lipinski definition) is 2. The molecule has 0 spiro atoms. The van der Waals surface area contributed by atoms with Crippen molar-refractivity contribution in [3.05, 3.63) is 30.3 Å². The maximum Gasteiger partial charge on any atom is 0.189 e. The van der Waals surface area contributed by atoms with Crippen LogP contribution in [0, 0.1) is 0 Å². The van der Waals surface area contributed by atoms with Crippen LogP contribution in [0.15, 0.2) is 30.3 Å². The van der Waals surface area contributed by atoms with E-state index in [9.17, 15) is 0 Å². The molecule has 0 atom stereocenters. The van der Waals surface area contributed by atoms with Gasteiger partial charge in [0.1, 0.15) is 0 Å². The summed E-state index contributed by atoms with van der Waals surface area (Å²) in [6.07, 6.45) is 1.02. The Bertz CT molecular complexity index is 367. The number of para-hydroxylation sites is 1. The van der Waals surface area contributed by atoms with Crippen molar-refractivity contribution >= 4 is 40.3 Å².